The molecule has 2 N–H and O–H groups in total. The van der Waals surface area contributed by atoms with E-state index < -0.39 is 6.17 Å². The number of aromatic hydroxyl groups is 1. The van der Waals surface area contributed by atoms with Crippen LogP contribution < -0.4 is 5.32 Å². The van der Waals surface area contributed by atoms with Crippen molar-refractivity contribution >= 4 is 0 Å². The van der Waals surface area contributed by atoms with E-state index in [4.69, 9.17) is 0 Å². The molecule has 82 valence electrons. The van der Waals surface area contributed by atoms with E-state index in [9.17, 15) is 9.50 Å². The largest absolute Gasteiger partial charge is 0.508 e. The molecule has 2 unspecified atom stereocenters. The predicted octanol–water partition coefficient (Wildman–Crippen LogP) is 2.02. The highest BCUT2D eigenvalue weighted by Gasteiger charge is 2.24. The fraction of sp³-hybridized carbons (Fsp3) is 0.500. The van der Waals surface area contributed by atoms with Crippen LogP contribution in [0.15, 0.2) is 24.3 Å². The van der Waals surface area contributed by atoms with Crippen molar-refractivity contribution < 1.29 is 9.50 Å². The number of halogens is 1. The molecule has 1 aliphatic heterocycles. The van der Waals surface area contributed by atoms with Crippen molar-refractivity contribution in [3.05, 3.63) is 29.8 Å². The van der Waals surface area contributed by atoms with Gasteiger partial charge in [0.25, 0.3) is 0 Å². The summed E-state index contributed by atoms with van der Waals surface area (Å²) in [5, 5.41) is 12.4. The van der Waals surface area contributed by atoms with E-state index in [-0.39, 0.29) is 11.8 Å². The van der Waals surface area contributed by atoms with Crippen LogP contribution in [0.2, 0.25) is 0 Å². The Bertz CT molecular complexity index is 323. The molecule has 3 heteroatoms. The summed E-state index contributed by atoms with van der Waals surface area (Å²) in [5.41, 5.74) is 0.858. The molecular weight excluding hydrogens is 193 g/mol. The Morgan fingerprint density at radius 1 is 1.53 bits per heavy atom. The number of phenols is 1. The molecule has 0 bridgehead atoms. The topological polar surface area (TPSA) is 32.3 Å². The van der Waals surface area contributed by atoms with Crippen LogP contribution in [0.4, 0.5) is 4.39 Å². The van der Waals surface area contributed by atoms with Crippen LogP contribution in [0.1, 0.15) is 18.4 Å². The maximum absolute atomic E-state index is 13.8. The highest BCUT2D eigenvalue weighted by Crippen LogP contribution is 2.18. The van der Waals surface area contributed by atoms with E-state index in [1.54, 1.807) is 18.2 Å². The maximum Gasteiger partial charge on any atom is 0.119 e. The Balaban J connectivity index is 1.95. The van der Waals surface area contributed by atoms with Gasteiger partial charge < -0.3 is 10.4 Å². The molecule has 0 saturated carbocycles. The molecule has 0 aliphatic carbocycles. The third-order valence-corrected chi connectivity index (χ3v) is 2.88. The SMILES string of the molecule is Oc1cccc(CC(F)C2CCCN2)c1. The number of alkyl halides is 1. The van der Waals surface area contributed by atoms with Crippen molar-refractivity contribution in [2.45, 2.75) is 31.5 Å². The molecule has 1 heterocycles. The molecule has 1 aromatic carbocycles. The van der Waals surface area contributed by atoms with Crippen LogP contribution in [-0.2, 0) is 6.42 Å². The summed E-state index contributed by atoms with van der Waals surface area (Å²) in [6.07, 6.45) is 1.51. The number of nitrogens with one attached hydrogen (secondary N) is 1. The van der Waals surface area contributed by atoms with Crippen LogP contribution in [0, 0.1) is 0 Å². The lowest BCUT2D eigenvalue weighted by Crippen LogP contribution is -2.33. The predicted molar refractivity (Wildman–Crippen MR) is 57.7 cm³/mol. The van der Waals surface area contributed by atoms with E-state index in [0.29, 0.717) is 6.42 Å². The van der Waals surface area contributed by atoms with Crippen molar-refractivity contribution in [3.8, 4) is 5.75 Å². The van der Waals surface area contributed by atoms with E-state index in [1.807, 2.05) is 6.07 Å². The molecule has 15 heavy (non-hydrogen) atoms. The molecule has 1 saturated heterocycles. The summed E-state index contributed by atoms with van der Waals surface area (Å²) < 4.78 is 13.8. The average Bonchev–Trinajstić information content (AvgIpc) is 2.70. The summed E-state index contributed by atoms with van der Waals surface area (Å²) >= 11 is 0. The molecule has 2 nitrogen and oxygen atoms in total. The minimum absolute atomic E-state index is 0.00708. The van der Waals surface area contributed by atoms with Gasteiger partial charge in [0.05, 0.1) is 0 Å². The normalized spacial score (nSPS) is 22.9. The Hall–Kier alpha value is -1.09. The second-order valence-corrected chi connectivity index (χ2v) is 4.09. The summed E-state index contributed by atoms with van der Waals surface area (Å²) in [6, 6.07) is 6.82. The fourth-order valence-corrected chi connectivity index (χ4v) is 2.07. The first-order valence-electron chi connectivity index (χ1n) is 5.41. The zero-order chi connectivity index (χ0) is 10.7. The molecule has 0 amide bonds. The van der Waals surface area contributed by atoms with Crippen molar-refractivity contribution in [1.29, 1.82) is 0 Å². The van der Waals surface area contributed by atoms with Gasteiger partial charge in [-0.2, -0.15) is 0 Å². The first kappa shape index (κ1) is 10.4. The zero-order valence-corrected chi connectivity index (χ0v) is 8.62. The molecule has 2 rings (SSSR count). The zero-order valence-electron chi connectivity index (χ0n) is 8.62. The Kier molecular flexibility index (Phi) is 3.21. The van der Waals surface area contributed by atoms with Gasteiger partial charge >= 0.3 is 0 Å². The van der Waals surface area contributed by atoms with Crippen LogP contribution >= 0.6 is 0 Å². The van der Waals surface area contributed by atoms with Crippen LogP contribution in [0.3, 0.4) is 0 Å². The van der Waals surface area contributed by atoms with Gasteiger partial charge in [-0.1, -0.05) is 12.1 Å². The average molecular weight is 209 g/mol. The van der Waals surface area contributed by atoms with Crippen molar-refractivity contribution in [2.75, 3.05) is 6.54 Å². The third kappa shape index (κ3) is 2.69. The van der Waals surface area contributed by atoms with Gasteiger partial charge in [0.1, 0.15) is 11.9 Å². The Labute approximate surface area is 89.1 Å². The highest BCUT2D eigenvalue weighted by atomic mass is 19.1. The van der Waals surface area contributed by atoms with Gasteiger partial charge in [-0.3, -0.25) is 0 Å². The van der Waals surface area contributed by atoms with Gasteiger partial charge in [0.2, 0.25) is 0 Å². The van der Waals surface area contributed by atoms with Gasteiger partial charge in [-0.05, 0) is 37.1 Å². The highest BCUT2D eigenvalue weighted by molar-refractivity contribution is 5.27. The minimum atomic E-state index is -0.853. The smallest absolute Gasteiger partial charge is 0.119 e. The number of phenolic OH excluding ortho intramolecular Hbond substituents is 1. The van der Waals surface area contributed by atoms with Crippen LogP contribution in [-0.4, -0.2) is 23.9 Å². The van der Waals surface area contributed by atoms with Gasteiger partial charge in [0.15, 0.2) is 0 Å². The summed E-state index contributed by atoms with van der Waals surface area (Å²) in [5.74, 6) is 0.207. The van der Waals surface area contributed by atoms with Crippen LogP contribution in [0.5, 0.6) is 5.75 Å². The molecule has 1 aromatic rings. The molecule has 0 spiro atoms. The fourth-order valence-electron chi connectivity index (χ4n) is 2.07. The van der Waals surface area contributed by atoms with Gasteiger partial charge in [-0.25, -0.2) is 4.39 Å². The van der Waals surface area contributed by atoms with E-state index >= 15 is 0 Å². The summed E-state index contributed by atoms with van der Waals surface area (Å²) in [7, 11) is 0. The second kappa shape index (κ2) is 4.62. The van der Waals surface area contributed by atoms with Crippen LogP contribution in [0.25, 0.3) is 0 Å². The first-order chi connectivity index (χ1) is 7.25. The molecular formula is C12H16FNO. The Morgan fingerprint density at radius 2 is 2.40 bits per heavy atom. The number of hydrogen-bond acceptors (Lipinski definition) is 2. The first-order valence-corrected chi connectivity index (χ1v) is 5.41. The maximum atomic E-state index is 13.8. The van der Waals surface area contributed by atoms with Gasteiger partial charge in [-0.15, -0.1) is 0 Å². The molecule has 1 fully saturated rings. The number of benzene rings is 1. The Morgan fingerprint density at radius 3 is 3.07 bits per heavy atom. The van der Waals surface area contributed by atoms with E-state index in [1.165, 1.54) is 0 Å². The van der Waals surface area contributed by atoms with Crippen molar-refractivity contribution in [1.82, 2.24) is 5.32 Å². The van der Waals surface area contributed by atoms with Crippen molar-refractivity contribution in [2.24, 2.45) is 0 Å². The summed E-state index contributed by atoms with van der Waals surface area (Å²) in [4.78, 5) is 0. The molecule has 1 aliphatic rings. The monoisotopic (exact) mass is 209 g/mol. The quantitative estimate of drug-likeness (QED) is 0.798. The van der Waals surface area contributed by atoms with E-state index in [0.717, 1.165) is 24.9 Å². The lowest BCUT2D eigenvalue weighted by molar-refractivity contribution is 0.263. The van der Waals surface area contributed by atoms with Crippen molar-refractivity contribution in [3.63, 3.8) is 0 Å². The molecule has 0 aromatic heterocycles. The minimum Gasteiger partial charge on any atom is -0.508 e. The van der Waals surface area contributed by atoms with Gasteiger partial charge in [0, 0.05) is 12.5 Å². The number of rotatable bonds is 3. The standard InChI is InChI=1S/C12H16FNO/c13-11(12-5-2-6-14-12)8-9-3-1-4-10(15)7-9/h1,3-4,7,11-12,14-15H,2,5-6,8H2. The van der Waals surface area contributed by atoms with E-state index in [2.05, 4.69) is 5.32 Å². The third-order valence-electron chi connectivity index (χ3n) is 2.88. The lowest BCUT2D eigenvalue weighted by atomic mass is 10.0. The lowest BCUT2D eigenvalue weighted by Gasteiger charge is -2.15. The number of hydrogen-bond donors (Lipinski definition) is 2. The summed E-state index contributed by atoms with van der Waals surface area (Å²) in [6.45, 7) is 0.922. The second-order valence-electron chi connectivity index (χ2n) is 4.09. The molecule has 2 atom stereocenters. The molecule has 0 radical (unpaired) electrons.